The summed E-state index contributed by atoms with van der Waals surface area (Å²) in [6.07, 6.45) is 3.73. The van der Waals surface area contributed by atoms with Crippen molar-refractivity contribution in [2.24, 2.45) is 0 Å². The molecule has 0 spiro atoms. The lowest BCUT2D eigenvalue weighted by molar-refractivity contribution is -0.145. The molecule has 1 unspecified atom stereocenters. The van der Waals surface area contributed by atoms with Gasteiger partial charge in [-0.25, -0.2) is 9.78 Å². The minimum atomic E-state index is -0.726. The van der Waals surface area contributed by atoms with Crippen molar-refractivity contribution in [3.8, 4) is 5.75 Å². The predicted octanol–water partition coefficient (Wildman–Crippen LogP) is 4.98. The van der Waals surface area contributed by atoms with E-state index in [-0.39, 0.29) is 18.6 Å². The lowest BCUT2D eigenvalue weighted by atomic mass is 10.0. The van der Waals surface area contributed by atoms with Crippen molar-refractivity contribution in [1.82, 2.24) is 4.98 Å². The van der Waals surface area contributed by atoms with Crippen LogP contribution in [0.15, 0.2) is 42.5 Å². The zero-order chi connectivity index (χ0) is 21.3. The fraction of sp³-hybridized carbons (Fsp3) is 0.227. The fourth-order valence-corrected chi connectivity index (χ4v) is 4.06. The fourth-order valence-electron chi connectivity index (χ4n) is 3.12. The van der Waals surface area contributed by atoms with Crippen LogP contribution < -0.4 is 15.4 Å². The summed E-state index contributed by atoms with van der Waals surface area (Å²) in [6.45, 7) is 5.32. The summed E-state index contributed by atoms with van der Waals surface area (Å²) in [7, 11) is 0. The van der Waals surface area contributed by atoms with Crippen molar-refractivity contribution < 1.29 is 19.1 Å². The number of amides is 2. The van der Waals surface area contributed by atoms with Crippen molar-refractivity contribution in [3.05, 3.63) is 53.6 Å². The normalized spacial score (nSPS) is 17.2. The van der Waals surface area contributed by atoms with E-state index in [9.17, 15) is 9.59 Å². The second-order valence-electron chi connectivity index (χ2n) is 7.30. The Morgan fingerprint density at radius 3 is 2.83 bits per heavy atom. The predicted molar refractivity (Wildman–Crippen MR) is 118 cm³/mol. The maximum Gasteiger partial charge on any atom is 0.325 e. The van der Waals surface area contributed by atoms with Gasteiger partial charge in [0, 0.05) is 18.2 Å². The Labute approximate surface area is 177 Å². The number of thiazole rings is 1. The molecule has 0 fully saturated rings. The largest absolute Gasteiger partial charge is 0.479 e. The van der Waals surface area contributed by atoms with Crippen LogP contribution >= 0.6 is 11.3 Å². The minimum absolute atomic E-state index is 0.127. The Balaban J connectivity index is 1.43. The number of aromatic nitrogens is 1. The van der Waals surface area contributed by atoms with Gasteiger partial charge in [-0.2, -0.15) is 0 Å². The standard InChI is InChI=1S/C22H21N3O4S/c1-13-5-4-6-18-19(13)24-21(30-18)25-20(27)23-16-7-8-17-15(11-16)9-10-22(3,29-17)12-28-14(2)26/h4-11H,12H2,1-3H3,(H2,23,24,25,27). The maximum absolute atomic E-state index is 12.4. The molecule has 1 aliphatic rings. The molecule has 2 heterocycles. The van der Waals surface area contributed by atoms with E-state index in [0.717, 1.165) is 21.3 Å². The zero-order valence-electron chi connectivity index (χ0n) is 16.8. The number of urea groups is 1. The molecular formula is C22H21N3O4S. The van der Waals surface area contributed by atoms with Gasteiger partial charge in [0.2, 0.25) is 0 Å². The Kier molecular flexibility index (Phi) is 5.17. The summed E-state index contributed by atoms with van der Waals surface area (Å²) in [5, 5.41) is 6.15. The van der Waals surface area contributed by atoms with Crippen LogP contribution in [0.2, 0.25) is 0 Å². The highest BCUT2D eigenvalue weighted by Crippen LogP contribution is 2.33. The molecule has 0 saturated heterocycles. The molecule has 1 aromatic heterocycles. The number of benzene rings is 2. The van der Waals surface area contributed by atoms with E-state index in [1.807, 2.05) is 50.3 Å². The van der Waals surface area contributed by atoms with Gasteiger partial charge in [-0.05, 0) is 49.8 Å². The molecule has 0 aliphatic carbocycles. The average molecular weight is 423 g/mol. The van der Waals surface area contributed by atoms with Crippen LogP contribution in [0.3, 0.4) is 0 Å². The summed E-state index contributed by atoms with van der Waals surface area (Å²) in [6, 6.07) is 10.9. The Bertz CT molecular complexity index is 1170. The van der Waals surface area contributed by atoms with Crippen LogP contribution in [0.25, 0.3) is 16.3 Å². The van der Waals surface area contributed by atoms with Crippen LogP contribution in [0.4, 0.5) is 15.6 Å². The molecule has 8 heteroatoms. The maximum atomic E-state index is 12.4. The van der Waals surface area contributed by atoms with E-state index >= 15 is 0 Å². The molecule has 0 radical (unpaired) electrons. The molecule has 154 valence electrons. The molecule has 7 nitrogen and oxygen atoms in total. The molecule has 2 aromatic carbocycles. The first-order valence-corrected chi connectivity index (χ1v) is 10.2. The second-order valence-corrected chi connectivity index (χ2v) is 8.33. The van der Waals surface area contributed by atoms with E-state index in [1.54, 1.807) is 12.1 Å². The molecule has 0 saturated carbocycles. The van der Waals surface area contributed by atoms with Crippen molar-refractivity contribution in [3.63, 3.8) is 0 Å². The summed E-state index contributed by atoms with van der Waals surface area (Å²) in [5.74, 6) is 0.299. The average Bonchev–Trinajstić information content (AvgIpc) is 3.10. The number of nitrogens with zero attached hydrogens (tertiary/aromatic N) is 1. The van der Waals surface area contributed by atoms with Gasteiger partial charge in [-0.1, -0.05) is 29.5 Å². The molecule has 0 bridgehead atoms. The third-order valence-electron chi connectivity index (χ3n) is 4.63. The SMILES string of the molecule is CC(=O)OCC1(C)C=Cc2cc(NC(=O)Nc3nc4c(C)cccc4s3)ccc2O1. The van der Waals surface area contributed by atoms with Gasteiger partial charge < -0.3 is 14.8 Å². The quantitative estimate of drug-likeness (QED) is 0.578. The number of esters is 1. The highest BCUT2D eigenvalue weighted by Gasteiger charge is 2.29. The summed E-state index contributed by atoms with van der Waals surface area (Å²) < 4.78 is 12.1. The van der Waals surface area contributed by atoms with Gasteiger partial charge in [-0.15, -0.1) is 0 Å². The number of hydrogen-bond acceptors (Lipinski definition) is 6. The number of ether oxygens (including phenoxy) is 2. The van der Waals surface area contributed by atoms with Gasteiger partial charge in [0.05, 0.1) is 10.2 Å². The third-order valence-corrected chi connectivity index (χ3v) is 5.57. The van der Waals surface area contributed by atoms with E-state index in [0.29, 0.717) is 16.6 Å². The number of para-hydroxylation sites is 1. The molecule has 2 amide bonds. The summed E-state index contributed by atoms with van der Waals surface area (Å²) >= 11 is 1.43. The van der Waals surface area contributed by atoms with Crippen LogP contribution in [0.5, 0.6) is 5.75 Å². The smallest absolute Gasteiger partial charge is 0.325 e. The van der Waals surface area contributed by atoms with Gasteiger partial charge in [0.25, 0.3) is 0 Å². The van der Waals surface area contributed by atoms with Crippen molar-refractivity contribution in [2.45, 2.75) is 26.4 Å². The van der Waals surface area contributed by atoms with E-state index < -0.39 is 5.60 Å². The summed E-state index contributed by atoms with van der Waals surface area (Å²) in [5.41, 5.74) is 2.69. The number of fused-ring (bicyclic) bond motifs is 2. The Morgan fingerprint density at radius 2 is 2.07 bits per heavy atom. The number of nitrogens with one attached hydrogen (secondary N) is 2. The highest BCUT2D eigenvalue weighted by atomic mass is 32.1. The molecule has 2 N–H and O–H groups in total. The van der Waals surface area contributed by atoms with Crippen molar-refractivity contribution in [1.29, 1.82) is 0 Å². The van der Waals surface area contributed by atoms with Crippen molar-refractivity contribution in [2.75, 3.05) is 17.2 Å². The molecule has 4 rings (SSSR count). The van der Waals surface area contributed by atoms with Gasteiger partial charge in [0.15, 0.2) is 10.7 Å². The van der Waals surface area contributed by atoms with Gasteiger partial charge >= 0.3 is 12.0 Å². The van der Waals surface area contributed by atoms with Crippen LogP contribution in [0, 0.1) is 6.92 Å². The molecule has 1 atom stereocenters. The van der Waals surface area contributed by atoms with E-state index in [1.165, 1.54) is 18.3 Å². The lowest BCUT2D eigenvalue weighted by Gasteiger charge is -2.31. The van der Waals surface area contributed by atoms with Crippen molar-refractivity contribution >= 4 is 50.4 Å². The first kappa shape index (κ1) is 19.9. The van der Waals surface area contributed by atoms with E-state index in [4.69, 9.17) is 9.47 Å². The summed E-state index contributed by atoms with van der Waals surface area (Å²) in [4.78, 5) is 28.0. The molecule has 3 aromatic rings. The first-order chi connectivity index (χ1) is 14.3. The Morgan fingerprint density at radius 1 is 1.23 bits per heavy atom. The number of aryl methyl sites for hydroxylation is 1. The number of carbonyl (C=O) groups excluding carboxylic acids is 2. The number of rotatable bonds is 4. The highest BCUT2D eigenvalue weighted by molar-refractivity contribution is 7.22. The Hall–Kier alpha value is -3.39. The van der Waals surface area contributed by atoms with E-state index in [2.05, 4.69) is 15.6 Å². The topological polar surface area (TPSA) is 89.5 Å². The van der Waals surface area contributed by atoms with Crippen LogP contribution in [0.1, 0.15) is 25.0 Å². The molecule has 1 aliphatic heterocycles. The number of carbonyl (C=O) groups is 2. The first-order valence-electron chi connectivity index (χ1n) is 9.41. The zero-order valence-corrected chi connectivity index (χ0v) is 17.6. The van der Waals surface area contributed by atoms with Gasteiger partial charge in [0.1, 0.15) is 12.4 Å². The molecule has 30 heavy (non-hydrogen) atoms. The lowest BCUT2D eigenvalue weighted by Crippen LogP contribution is -2.37. The van der Waals surface area contributed by atoms with Gasteiger partial charge in [-0.3, -0.25) is 10.1 Å². The van der Waals surface area contributed by atoms with Crippen LogP contribution in [-0.4, -0.2) is 29.2 Å². The van der Waals surface area contributed by atoms with Crippen LogP contribution in [-0.2, 0) is 9.53 Å². The number of anilines is 2. The third kappa shape index (κ3) is 4.28. The number of hydrogen-bond donors (Lipinski definition) is 2. The minimum Gasteiger partial charge on any atom is -0.479 e. The monoisotopic (exact) mass is 423 g/mol. The molecular weight excluding hydrogens is 402 g/mol. The second kappa shape index (κ2) is 7.79.